The Morgan fingerprint density at radius 1 is 1.20 bits per heavy atom. The molecule has 0 amide bonds. The minimum absolute atomic E-state index is 0.376. The zero-order chi connectivity index (χ0) is 14.9. The van der Waals surface area contributed by atoms with Crippen LogP contribution in [0.25, 0.3) is 0 Å². The number of hydrogen-bond donors (Lipinski definition) is 1. The molecule has 2 N–H and O–H groups in total. The Kier molecular flexibility index (Phi) is 5.07. The van der Waals surface area contributed by atoms with E-state index in [1.54, 1.807) is 24.3 Å². The lowest BCUT2D eigenvalue weighted by atomic mass is 9.98. The van der Waals surface area contributed by atoms with E-state index in [9.17, 15) is 4.39 Å². The van der Waals surface area contributed by atoms with E-state index in [2.05, 4.69) is 31.9 Å². The predicted molar refractivity (Wildman–Crippen MR) is 85.8 cm³/mol. The normalized spacial score (nSPS) is 12.3. The van der Waals surface area contributed by atoms with Crippen molar-refractivity contribution in [3.05, 3.63) is 61.2 Å². The largest absolute Gasteiger partial charge is 0.495 e. The van der Waals surface area contributed by atoms with Crippen LogP contribution in [0.3, 0.4) is 0 Å². The summed E-state index contributed by atoms with van der Waals surface area (Å²) >= 11 is 12.6. The summed E-state index contributed by atoms with van der Waals surface area (Å²) in [5.74, 6) is 0.161. The molecule has 0 heterocycles. The first-order valence-corrected chi connectivity index (χ1v) is 7.64. The zero-order valence-electron chi connectivity index (χ0n) is 10.5. The first-order chi connectivity index (χ1) is 9.43. The molecule has 0 aliphatic heterocycles. The third kappa shape index (κ3) is 3.17. The van der Waals surface area contributed by atoms with Gasteiger partial charge in [-0.1, -0.05) is 33.6 Å². The predicted octanol–water partition coefficient (Wildman–Crippen LogP) is 5.06. The minimum atomic E-state index is -0.673. The lowest BCUT2D eigenvalue weighted by molar-refractivity contribution is 0.404. The van der Waals surface area contributed by atoms with Crippen LogP contribution < -0.4 is 10.5 Å². The van der Waals surface area contributed by atoms with Gasteiger partial charge in [0.15, 0.2) is 0 Å². The van der Waals surface area contributed by atoms with Crippen molar-refractivity contribution in [3.63, 3.8) is 0 Å². The Morgan fingerprint density at radius 2 is 1.90 bits per heavy atom. The van der Waals surface area contributed by atoms with Crippen LogP contribution in [0.4, 0.5) is 4.39 Å². The van der Waals surface area contributed by atoms with E-state index in [4.69, 9.17) is 22.1 Å². The first-order valence-electron chi connectivity index (χ1n) is 5.67. The fourth-order valence-corrected chi connectivity index (χ4v) is 3.28. The highest BCUT2D eigenvalue weighted by atomic mass is 79.9. The van der Waals surface area contributed by atoms with E-state index in [0.29, 0.717) is 30.8 Å². The Bertz CT molecular complexity index is 651. The van der Waals surface area contributed by atoms with Crippen molar-refractivity contribution in [3.8, 4) is 5.75 Å². The molecule has 0 aliphatic carbocycles. The maximum Gasteiger partial charge on any atom is 0.138 e. The molecule has 0 fully saturated rings. The summed E-state index contributed by atoms with van der Waals surface area (Å²) < 4.78 is 20.7. The molecule has 0 bridgehead atoms. The monoisotopic (exact) mass is 421 g/mol. The summed E-state index contributed by atoms with van der Waals surface area (Å²) in [5, 5.41) is 0.501. The maximum absolute atomic E-state index is 14.0. The summed E-state index contributed by atoms with van der Waals surface area (Å²) in [6.45, 7) is 0. The molecule has 2 aromatic carbocycles. The zero-order valence-corrected chi connectivity index (χ0v) is 14.4. The number of rotatable bonds is 3. The highest BCUT2D eigenvalue weighted by Crippen LogP contribution is 2.38. The van der Waals surface area contributed by atoms with Crippen LogP contribution in [0.15, 0.2) is 39.3 Å². The fourth-order valence-electron chi connectivity index (χ4n) is 1.95. The van der Waals surface area contributed by atoms with Gasteiger partial charge < -0.3 is 10.5 Å². The van der Waals surface area contributed by atoms with Gasteiger partial charge in [0.1, 0.15) is 11.6 Å². The molecule has 20 heavy (non-hydrogen) atoms. The highest BCUT2D eigenvalue weighted by Gasteiger charge is 2.20. The molecule has 2 nitrogen and oxygen atoms in total. The van der Waals surface area contributed by atoms with Crippen LogP contribution in [0, 0.1) is 5.82 Å². The van der Waals surface area contributed by atoms with Gasteiger partial charge in [-0.25, -0.2) is 4.39 Å². The quantitative estimate of drug-likeness (QED) is 0.749. The van der Waals surface area contributed by atoms with Crippen molar-refractivity contribution in [1.82, 2.24) is 0 Å². The Balaban J connectivity index is 2.55. The third-order valence-corrected chi connectivity index (χ3v) is 4.17. The Morgan fingerprint density at radius 3 is 2.50 bits per heavy atom. The second-order valence-electron chi connectivity index (χ2n) is 4.15. The molecule has 2 aromatic rings. The summed E-state index contributed by atoms with van der Waals surface area (Å²) in [7, 11) is 1.53. The summed E-state index contributed by atoms with van der Waals surface area (Å²) in [5.41, 5.74) is 7.16. The average Bonchev–Trinajstić information content (AvgIpc) is 2.37. The van der Waals surface area contributed by atoms with Crippen LogP contribution in [-0.4, -0.2) is 7.11 Å². The van der Waals surface area contributed by atoms with Gasteiger partial charge in [0.25, 0.3) is 0 Å². The molecule has 0 aromatic heterocycles. The van der Waals surface area contributed by atoms with Crippen LogP contribution in [0.2, 0.25) is 5.02 Å². The van der Waals surface area contributed by atoms with E-state index >= 15 is 0 Å². The molecular weight excluding hydrogens is 412 g/mol. The van der Waals surface area contributed by atoms with Crippen molar-refractivity contribution < 1.29 is 9.13 Å². The minimum Gasteiger partial charge on any atom is -0.495 e. The molecule has 1 unspecified atom stereocenters. The second kappa shape index (κ2) is 6.43. The van der Waals surface area contributed by atoms with E-state index < -0.39 is 6.04 Å². The van der Waals surface area contributed by atoms with Crippen molar-refractivity contribution in [2.75, 3.05) is 7.11 Å². The number of nitrogens with two attached hydrogens (primary N) is 1. The van der Waals surface area contributed by atoms with Crippen molar-refractivity contribution in [2.24, 2.45) is 5.73 Å². The number of halogens is 4. The summed E-state index contributed by atoms with van der Waals surface area (Å²) in [4.78, 5) is 0. The van der Waals surface area contributed by atoms with Crippen LogP contribution in [0.1, 0.15) is 17.2 Å². The molecular formula is C14H11Br2ClFNO. The standard InChI is InChI=1S/C14H11Br2ClFNO/c1-20-14-10(5-8(17)6-11(14)16)13(19)9-3-2-7(15)4-12(9)18/h2-6,13H,19H2,1H3. The Hall–Kier alpha value is -0.620. The van der Waals surface area contributed by atoms with E-state index in [1.807, 2.05) is 0 Å². The van der Waals surface area contributed by atoms with Crippen molar-refractivity contribution in [1.29, 1.82) is 0 Å². The van der Waals surface area contributed by atoms with Crippen molar-refractivity contribution >= 4 is 43.5 Å². The molecule has 0 aliphatic rings. The number of ether oxygens (including phenoxy) is 1. The van der Waals surface area contributed by atoms with E-state index in [0.717, 1.165) is 0 Å². The molecule has 6 heteroatoms. The van der Waals surface area contributed by atoms with Crippen molar-refractivity contribution in [2.45, 2.75) is 6.04 Å². The van der Waals surface area contributed by atoms with E-state index in [-0.39, 0.29) is 5.82 Å². The van der Waals surface area contributed by atoms with Gasteiger partial charge >= 0.3 is 0 Å². The highest BCUT2D eigenvalue weighted by molar-refractivity contribution is 9.10. The molecule has 106 valence electrons. The second-order valence-corrected chi connectivity index (χ2v) is 6.36. The third-order valence-electron chi connectivity index (χ3n) is 2.87. The van der Waals surface area contributed by atoms with Crippen LogP contribution in [0.5, 0.6) is 5.75 Å². The van der Waals surface area contributed by atoms with Gasteiger partial charge in [-0.3, -0.25) is 0 Å². The smallest absolute Gasteiger partial charge is 0.138 e. The topological polar surface area (TPSA) is 35.2 Å². The van der Waals surface area contributed by atoms with Gasteiger partial charge in [-0.15, -0.1) is 0 Å². The molecule has 2 rings (SSSR count). The summed E-state index contributed by atoms with van der Waals surface area (Å²) in [6.07, 6.45) is 0. The average molecular weight is 424 g/mol. The number of methoxy groups -OCH3 is 1. The molecule has 1 atom stereocenters. The van der Waals surface area contributed by atoms with Gasteiger partial charge in [0.05, 0.1) is 17.6 Å². The molecule has 0 saturated carbocycles. The SMILES string of the molecule is COc1c(Br)cc(Cl)cc1C(N)c1ccc(Br)cc1F. The lowest BCUT2D eigenvalue weighted by Gasteiger charge is -2.18. The molecule has 0 saturated heterocycles. The lowest BCUT2D eigenvalue weighted by Crippen LogP contribution is -2.15. The van der Waals surface area contributed by atoms with Gasteiger partial charge in [-0.05, 0) is 40.2 Å². The fraction of sp³-hybridized carbons (Fsp3) is 0.143. The maximum atomic E-state index is 14.0. The van der Waals surface area contributed by atoms with E-state index in [1.165, 1.54) is 13.2 Å². The van der Waals surface area contributed by atoms with Gasteiger partial charge in [0, 0.05) is 20.6 Å². The number of benzene rings is 2. The van der Waals surface area contributed by atoms with Crippen LogP contribution >= 0.6 is 43.5 Å². The Labute approximate surface area is 138 Å². The summed E-state index contributed by atoms with van der Waals surface area (Å²) in [6, 6.07) is 7.46. The van der Waals surface area contributed by atoms with Crippen LogP contribution in [-0.2, 0) is 0 Å². The molecule has 0 radical (unpaired) electrons. The van der Waals surface area contributed by atoms with Gasteiger partial charge in [-0.2, -0.15) is 0 Å². The number of hydrogen-bond acceptors (Lipinski definition) is 2. The first kappa shape index (κ1) is 15.8. The van der Waals surface area contributed by atoms with Gasteiger partial charge in [0.2, 0.25) is 0 Å². The molecule has 0 spiro atoms.